The minimum absolute atomic E-state index is 0.0912. The van der Waals surface area contributed by atoms with Gasteiger partial charge in [-0.2, -0.15) is 0 Å². The summed E-state index contributed by atoms with van der Waals surface area (Å²) in [6, 6.07) is 13.5. The largest absolute Gasteiger partial charge is 0.491 e. The molecule has 1 spiro atoms. The third-order valence-electron chi connectivity index (χ3n) is 6.81. The lowest BCUT2D eigenvalue weighted by molar-refractivity contribution is -0.169. The Morgan fingerprint density at radius 1 is 1.12 bits per heavy atom. The predicted octanol–water partition coefficient (Wildman–Crippen LogP) is 3.04. The van der Waals surface area contributed by atoms with Gasteiger partial charge in [0.2, 0.25) is 0 Å². The molecule has 1 saturated heterocycles. The van der Waals surface area contributed by atoms with Crippen LogP contribution in [0.25, 0.3) is 11.0 Å². The number of benzene rings is 2. The zero-order valence-electron chi connectivity index (χ0n) is 19.5. The van der Waals surface area contributed by atoms with Gasteiger partial charge in [-0.15, -0.1) is 0 Å². The number of morpholine rings is 1. The summed E-state index contributed by atoms with van der Waals surface area (Å²) in [6.07, 6.45) is 4.79. The Balaban J connectivity index is 1.36. The smallest absolute Gasteiger partial charge is 0.256 e. The average molecular weight is 463 g/mol. The van der Waals surface area contributed by atoms with Gasteiger partial charge in [0.1, 0.15) is 12.4 Å². The van der Waals surface area contributed by atoms with Gasteiger partial charge in [-0.25, -0.2) is 4.98 Å². The normalized spacial score (nSPS) is 22.1. The van der Waals surface area contributed by atoms with Crippen LogP contribution in [0, 0.1) is 0 Å². The van der Waals surface area contributed by atoms with Gasteiger partial charge in [-0.3, -0.25) is 9.59 Å². The number of imidazole rings is 1. The minimum Gasteiger partial charge on any atom is -0.491 e. The summed E-state index contributed by atoms with van der Waals surface area (Å²) in [4.78, 5) is 37.7. The van der Waals surface area contributed by atoms with Crippen LogP contribution in [-0.2, 0) is 16.0 Å². The van der Waals surface area contributed by atoms with Crippen molar-refractivity contribution in [1.29, 1.82) is 0 Å². The molecule has 2 amide bonds. The molecule has 1 aromatic heterocycles. The van der Waals surface area contributed by atoms with Crippen LogP contribution in [0.3, 0.4) is 0 Å². The number of carbonyl (C=O) groups excluding carboxylic acids is 2. The van der Waals surface area contributed by atoms with Crippen LogP contribution in [0.2, 0.25) is 0 Å². The maximum absolute atomic E-state index is 13.6. The molecule has 2 aromatic carbocycles. The lowest BCUT2D eigenvalue weighted by Crippen LogP contribution is -2.61. The van der Waals surface area contributed by atoms with Crippen LogP contribution < -0.4 is 4.74 Å². The Bertz CT molecular complexity index is 1190. The number of para-hydroxylation sites is 1. The summed E-state index contributed by atoms with van der Waals surface area (Å²) in [5.41, 5.74) is 2.35. The molecule has 1 N–H and O–H groups in total. The maximum Gasteiger partial charge on any atom is 0.256 e. The molecule has 3 heterocycles. The Labute approximate surface area is 198 Å². The molecule has 34 heavy (non-hydrogen) atoms. The number of aromatic nitrogens is 2. The molecule has 2 aliphatic rings. The number of nitrogens with one attached hydrogen (secondary N) is 1. The van der Waals surface area contributed by atoms with E-state index in [1.165, 1.54) is 5.56 Å². The minimum atomic E-state index is -1.04. The van der Waals surface area contributed by atoms with Crippen molar-refractivity contribution >= 4 is 22.8 Å². The molecule has 5 rings (SSSR count). The van der Waals surface area contributed by atoms with Crippen LogP contribution >= 0.6 is 0 Å². The third-order valence-corrected chi connectivity index (χ3v) is 6.81. The number of likely N-dealkylation sites (N-methyl/N-ethyl adjacent to an activating group) is 1. The number of nitrogens with zero attached hydrogens (tertiary/aromatic N) is 3. The molecule has 1 unspecified atom stereocenters. The van der Waals surface area contributed by atoms with Gasteiger partial charge < -0.3 is 24.3 Å². The first-order valence-electron chi connectivity index (χ1n) is 11.9. The van der Waals surface area contributed by atoms with Crippen LogP contribution in [0.15, 0.2) is 48.8 Å². The molecular weight excluding hydrogens is 432 g/mol. The monoisotopic (exact) mass is 462 g/mol. The van der Waals surface area contributed by atoms with Crippen LogP contribution in [0.4, 0.5) is 0 Å². The van der Waals surface area contributed by atoms with Gasteiger partial charge in [-0.05, 0) is 55.5 Å². The van der Waals surface area contributed by atoms with Crippen LogP contribution in [0.5, 0.6) is 5.75 Å². The summed E-state index contributed by atoms with van der Waals surface area (Å²) >= 11 is 0. The number of hydrogen-bond acceptors (Lipinski definition) is 5. The second-order valence-corrected chi connectivity index (χ2v) is 9.09. The van der Waals surface area contributed by atoms with Gasteiger partial charge in [0.25, 0.3) is 11.8 Å². The van der Waals surface area contributed by atoms with Crippen LogP contribution in [-0.4, -0.2) is 77.1 Å². The molecule has 0 saturated carbocycles. The van der Waals surface area contributed by atoms with E-state index in [-0.39, 0.29) is 18.4 Å². The van der Waals surface area contributed by atoms with Crippen molar-refractivity contribution in [2.75, 3.05) is 39.9 Å². The highest BCUT2D eigenvalue weighted by atomic mass is 16.5. The van der Waals surface area contributed by atoms with Gasteiger partial charge in [0, 0.05) is 19.2 Å². The predicted molar refractivity (Wildman–Crippen MR) is 128 cm³/mol. The van der Waals surface area contributed by atoms with E-state index < -0.39 is 5.60 Å². The van der Waals surface area contributed by atoms with E-state index >= 15 is 0 Å². The van der Waals surface area contributed by atoms with Gasteiger partial charge in [0.05, 0.1) is 37.1 Å². The number of hydrogen-bond donors (Lipinski definition) is 1. The lowest BCUT2D eigenvalue weighted by atomic mass is 9.91. The molecule has 0 aliphatic carbocycles. The van der Waals surface area contributed by atoms with Crippen molar-refractivity contribution in [3.63, 3.8) is 0 Å². The molecule has 8 heteroatoms. The van der Waals surface area contributed by atoms with E-state index in [9.17, 15) is 9.59 Å². The zero-order chi connectivity index (χ0) is 23.5. The van der Waals surface area contributed by atoms with Gasteiger partial charge in [-0.1, -0.05) is 18.2 Å². The Hall–Kier alpha value is -3.39. The number of amides is 2. The van der Waals surface area contributed by atoms with E-state index in [2.05, 4.69) is 16.0 Å². The zero-order valence-corrected chi connectivity index (χ0v) is 19.5. The molecule has 1 atom stereocenters. The van der Waals surface area contributed by atoms with Crippen LogP contribution in [0.1, 0.15) is 35.2 Å². The molecular formula is C26H30N4O4. The lowest BCUT2D eigenvalue weighted by Gasteiger charge is -2.43. The van der Waals surface area contributed by atoms with Crippen molar-refractivity contribution in [2.45, 2.75) is 31.3 Å². The van der Waals surface area contributed by atoms with E-state index in [0.29, 0.717) is 38.3 Å². The number of H-pyrrole nitrogens is 1. The fourth-order valence-electron chi connectivity index (χ4n) is 4.92. The fourth-order valence-corrected chi connectivity index (χ4v) is 4.92. The molecule has 3 aromatic rings. The first kappa shape index (κ1) is 22.4. The standard InChI is InChI=1S/C26H30N4O4/c1-29-12-14-33-23-8-3-2-6-19(23)7-4-5-11-26(25(29)32)17-30(13-15-34-26)24(31)20-9-10-21-22(16-20)28-18-27-21/h2-3,6,8-10,16,18H,4-5,7,11-15,17H2,1H3,(H,27,28). The van der Waals surface area contributed by atoms with Crippen molar-refractivity contribution in [2.24, 2.45) is 0 Å². The van der Waals surface area contributed by atoms with Gasteiger partial charge >= 0.3 is 0 Å². The molecule has 8 nitrogen and oxygen atoms in total. The van der Waals surface area contributed by atoms with E-state index in [1.54, 1.807) is 29.2 Å². The average Bonchev–Trinajstić information content (AvgIpc) is 3.34. The SMILES string of the molecule is CN1CCOc2ccccc2CCCCC2(CN(C(=O)c3ccc4nc[nH]c4c3)CCO2)C1=O. The van der Waals surface area contributed by atoms with Gasteiger partial charge in [0.15, 0.2) is 5.60 Å². The quantitative estimate of drug-likeness (QED) is 0.601. The van der Waals surface area contributed by atoms with Crippen molar-refractivity contribution in [3.8, 4) is 5.75 Å². The number of aryl methyl sites for hydroxylation is 1. The highest BCUT2D eigenvalue weighted by Gasteiger charge is 2.46. The molecule has 2 aliphatic heterocycles. The first-order chi connectivity index (χ1) is 16.6. The maximum atomic E-state index is 13.6. The van der Waals surface area contributed by atoms with Crippen molar-refractivity contribution in [1.82, 2.24) is 19.8 Å². The van der Waals surface area contributed by atoms with E-state index in [1.807, 2.05) is 30.3 Å². The molecule has 0 radical (unpaired) electrons. The molecule has 0 bridgehead atoms. The number of fused-ring (bicyclic) bond motifs is 2. The Morgan fingerprint density at radius 3 is 2.91 bits per heavy atom. The Kier molecular flexibility index (Phi) is 6.24. The third kappa shape index (κ3) is 4.37. The second kappa shape index (κ2) is 9.46. The summed E-state index contributed by atoms with van der Waals surface area (Å²) in [5, 5.41) is 0. The molecule has 178 valence electrons. The van der Waals surface area contributed by atoms with E-state index in [0.717, 1.165) is 36.0 Å². The summed E-state index contributed by atoms with van der Waals surface area (Å²) in [5.74, 6) is 0.697. The summed E-state index contributed by atoms with van der Waals surface area (Å²) in [6.45, 7) is 1.88. The number of rotatable bonds is 1. The van der Waals surface area contributed by atoms with Crippen molar-refractivity contribution < 1.29 is 19.1 Å². The fraction of sp³-hybridized carbons (Fsp3) is 0.423. The summed E-state index contributed by atoms with van der Waals surface area (Å²) < 4.78 is 12.2. The topological polar surface area (TPSA) is 87.8 Å². The van der Waals surface area contributed by atoms with Crippen molar-refractivity contribution in [3.05, 3.63) is 59.9 Å². The molecule has 1 fully saturated rings. The Morgan fingerprint density at radius 2 is 2.00 bits per heavy atom. The summed E-state index contributed by atoms with van der Waals surface area (Å²) in [7, 11) is 1.78. The number of ether oxygens (including phenoxy) is 2. The highest BCUT2D eigenvalue weighted by molar-refractivity contribution is 5.98. The highest BCUT2D eigenvalue weighted by Crippen LogP contribution is 2.30. The number of aromatic amines is 1. The van der Waals surface area contributed by atoms with E-state index in [4.69, 9.17) is 9.47 Å². The number of carbonyl (C=O) groups is 2. The first-order valence-corrected chi connectivity index (χ1v) is 11.9. The second-order valence-electron chi connectivity index (χ2n) is 9.09.